The van der Waals surface area contributed by atoms with Crippen molar-refractivity contribution in [3.63, 3.8) is 0 Å². The summed E-state index contributed by atoms with van der Waals surface area (Å²) in [5.41, 5.74) is 2.49. The Kier molecular flexibility index (Phi) is 6.28. The lowest BCUT2D eigenvalue weighted by atomic mass is 9.86. The summed E-state index contributed by atoms with van der Waals surface area (Å²) in [5, 5.41) is 16.3. The Labute approximate surface area is 188 Å². The summed E-state index contributed by atoms with van der Waals surface area (Å²) in [7, 11) is 0. The van der Waals surface area contributed by atoms with E-state index in [-0.39, 0.29) is 30.2 Å². The van der Waals surface area contributed by atoms with Crippen LogP contribution >= 0.6 is 0 Å². The molecular weight excluding hydrogens is 408 g/mol. The van der Waals surface area contributed by atoms with E-state index in [1.807, 2.05) is 22.4 Å². The van der Waals surface area contributed by atoms with Crippen molar-refractivity contribution in [2.24, 2.45) is 5.92 Å². The quantitative estimate of drug-likeness (QED) is 0.708. The predicted octanol–water partition coefficient (Wildman–Crippen LogP) is 2.45. The Morgan fingerprint density at radius 3 is 2.81 bits per heavy atom. The molecule has 4 atom stereocenters. The number of carbonyl (C=O) groups excluding carboxylic acids is 1. The van der Waals surface area contributed by atoms with Crippen LogP contribution in [0.15, 0.2) is 12.3 Å². The Morgan fingerprint density at radius 2 is 2.00 bits per heavy atom. The Morgan fingerprint density at radius 1 is 1.19 bits per heavy atom. The topological polar surface area (TPSA) is 96.1 Å². The van der Waals surface area contributed by atoms with Crippen LogP contribution in [-0.2, 0) is 22.4 Å². The average molecular weight is 443 g/mol. The molecule has 0 bridgehead atoms. The Hall–Kier alpha value is -2.26. The first-order valence-electron chi connectivity index (χ1n) is 12.1. The maximum absolute atomic E-state index is 12.8. The highest BCUT2D eigenvalue weighted by molar-refractivity contribution is 5.92. The lowest BCUT2D eigenvalue weighted by molar-refractivity contribution is 0.0613. The molecule has 2 saturated heterocycles. The lowest BCUT2D eigenvalue weighted by Crippen LogP contribution is -2.44. The SMILES string of the molecule is CCCn1nc(C(=O)N[C@H]2CO[C@H]3[C@@H]2OC[C@@H]3n2cc(CC3CCCCC3)nn2)cc1C. The van der Waals surface area contributed by atoms with Gasteiger partial charge in [0, 0.05) is 18.4 Å². The molecule has 1 N–H and O–H groups in total. The fourth-order valence-corrected chi connectivity index (χ4v) is 5.39. The van der Waals surface area contributed by atoms with Gasteiger partial charge in [-0.15, -0.1) is 5.10 Å². The van der Waals surface area contributed by atoms with Crippen LogP contribution in [0.25, 0.3) is 0 Å². The molecule has 0 aromatic carbocycles. The molecular formula is C23H34N6O3. The second kappa shape index (κ2) is 9.31. The lowest BCUT2D eigenvalue weighted by Gasteiger charge is -2.20. The molecule has 3 fully saturated rings. The second-order valence-electron chi connectivity index (χ2n) is 9.54. The van der Waals surface area contributed by atoms with E-state index in [0.29, 0.717) is 18.9 Å². The minimum absolute atomic E-state index is 0.0134. The molecule has 2 aliphatic heterocycles. The minimum atomic E-state index is -0.195. The van der Waals surface area contributed by atoms with E-state index in [1.54, 1.807) is 0 Å². The van der Waals surface area contributed by atoms with Gasteiger partial charge in [0.25, 0.3) is 5.91 Å². The zero-order valence-corrected chi connectivity index (χ0v) is 19.1. The van der Waals surface area contributed by atoms with Crippen molar-refractivity contribution < 1.29 is 14.3 Å². The fraction of sp³-hybridized carbons (Fsp3) is 0.739. The van der Waals surface area contributed by atoms with Gasteiger partial charge in [-0.1, -0.05) is 44.2 Å². The first-order chi connectivity index (χ1) is 15.6. The number of nitrogens with one attached hydrogen (secondary N) is 1. The van der Waals surface area contributed by atoms with E-state index in [0.717, 1.165) is 36.7 Å². The average Bonchev–Trinajstić information content (AvgIpc) is 3.56. The van der Waals surface area contributed by atoms with Gasteiger partial charge in [0.1, 0.15) is 23.9 Å². The van der Waals surface area contributed by atoms with Crippen LogP contribution in [-0.4, -0.2) is 62.1 Å². The van der Waals surface area contributed by atoms with E-state index in [1.165, 1.54) is 32.1 Å². The fourth-order valence-electron chi connectivity index (χ4n) is 5.39. The molecule has 4 heterocycles. The van der Waals surface area contributed by atoms with Gasteiger partial charge in [-0.05, 0) is 31.7 Å². The molecule has 2 aromatic rings. The van der Waals surface area contributed by atoms with Crippen LogP contribution < -0.4 is 5.32 Å². The van der Waals surface area contributed by atoms with E-state index < -0.39 is 0 Å². The van der Waals surface area contributed by atoms with E-state index in [4.69, 9.17) is 9.47 Å². The van der Waals surface area contributed by atoms with Crippen LogP contribution in [0.1, 0.15) is 73.4 Å². The highest BCUT2D eigenvalue weighted by Gasteiger charge is 2.49. The summed E-state index contributed by atoms with van der Waals surface area (Å²) in [6.45, 7) is 5.81. The highest BCUT2D eigenvalue weighted by atomic mass is 16.6. The van der Waals surface area contributed by atoms with Gasteiger partial charge in [0.2, 0.25) is 0 Å². The summed E-state index contributed by atoms with van der Waals surface area (Å²) in [6, 6.07) is 1.62. The first kappa shape index (κ1) is 21.6. The van der Waals surface area contributed by atoms with Gasteiger partial charge in [-0.3, -0.25) is 9.48 Å². The molecule has 1 amide bonds. The molecule has 32 heavy (non-hydrogen) atoms. The van der Waals surface area contributed by atoms with Gasteiger partial charge in [0.05, 0.1) is 24.9 Å². The molecule has 9 heteroatoms. The normalized spacial score (nSPS) is 28.2. The number of hydrogen-bond acceptors (Lipinski definition) is 6. The molecule has 0 radical (unpaired) electrons. The molecule has 2 aromatic heterocycles. The maximum atomic E-state index is 12.8. The van der Waals surface area contributed by atoms with Crippen LogP contribution in [0.4, 0.5) is 0 Å². The zero-order chi connectivity index (χ0) is 22.1. The van der Waals surface area contributed by atoms with Crippen molar-refractivity contribution in [3.05, 3.63) is 29.3 Å². The molecule has 1 aliphatic carbocycles. The van der Waals surface area contributed by atoms with Gasteiger partial charge in [-0.25, -0.2) is 4.68 Å². The second-order valence-corrected chi connectivity index (χ2v) is 9.54. The van der Waals surface area contributed by atoms with Crippen LogP contribution in [0.3, 0.4) is 0 Å². The van der Waals surface area contributed by atoms with Crippen LogP contribution in [0, 0.1) is 12.8 Å². The summed E-state index contributed by atoms with van der Waals surface area (Å²) in [5.74, 6) is 0.549. The molecule has 1 saturated carbocycles. The molecule has 3 aliphatic rings. The van der Waals surface area contributed by atoms with Crippen molar-refractivity contribution in [3.8, 4) is 0 Å². The molecule has 9 nitrogen and oxygen atoms in total. The number of ether oxygens (including phenoxy) is 2. The maximum Gasteiger partial charge on any atom is 0.272 e. The number of nitrogens with zero attached hydrogens (tertiary/aromatic N) is 5. The number of amides is 1. The molecule has 0 unspecified atom stereocenters. The monoisotopic (exact) mass is 442 g/mol. The predicted molar refractivity (Wildman–Crippen MR) is 117 cm³/mol. The van der Waals surface area contributed by atoms with Gasteiger partial charge in [-0.2, -0.15) is 5.10 Å². The number of fused-ring (bicyclic) bond motifs is 1. The molecule has 5 rings (SSSR count). The summed E-state index contributed by atoms with van der Waals surface area (Å²) < 4.78 is 15.9. The van der Waals surface area contributed by atoms with Gasteiger partial charge >= 0.3 is 0 Å². The number of aryl methyl sites for hydroxylation is 2. The number of hydrogen-bond donors (Lipinski definition) is 1. The van der Waals surface area contributed by atoms with E-state index >= 15 is 0 Å². The Balaban J connectivity index is 1.19. The summed E-state index contributed by atoms with van der Waals surface area (Å²) in [4.78, 5) is 12.8. The van der Waals surface area contributed by atoms with E-state index in [9.17, 15) is 4.79 Å². The van der Waals surface area contributed by atoms with Crippen molar-refractivity contribution in [1.29, 1.82) is 0 Å². The van der Waals surface area contributed by atoms with Crippen molar-refractivity contribution in [1.82, 2.24) is 30.1 Å². The third-order valence-electron chi connectivity index (χ3n) is 7.11. The molecule has 0 spiro atoms. The third kappa shape index (κ3) is 4.32. The standard InChI is InChI=1S/C23H34N6O3/c1-3-9-28-15(2)10-18(26-28)23(30)24-19-13-31-22-20(14-32-21(19)22)29-12-17(25-27-29)11-16-7-5-4-6-8-16/h10,12,16,19-22H,3-9,11,13-14H2,1-2H3,(H,24,30)/t19-,20-,21+,22+/m0/s1. The molecule has 174 valence electrons. The van der Waals surface area contributed by atoms with Crippen LogP contribution in [0.2, 0.25) is 0 Å². The first-order valence-corrected chi connectivity index (χ1v) is 12.1. The zero-order valence-electron chi connectivity index (χ0n) is 19.1. The van der Waals surface area contributed by atoms with Crippen LogP contribution in [0.5, 0.6) is 0 Å². The Bertz CT molecular complexity index is 934. The third-order valence-corrected chi connectivity index (χ3v) is 7.11. The van der Waals surface area contributed by atoms with Gasteiger partial charge in [0.15, 0.2) is 0 Å². The highest BCUT2D eigenvalue weighted by Crippen LogP contribution is 2.34. The minimum Gasteiger partial charge on any atom is -0.371 e. The van der Waals surface area contributed by atoms with Crippen molar-refractivity contribution in [2.75, 3.05) is 13.2 Å². The number of rotatable bonds is 7. The smallest absolute Gasteiger partial charge is 0.272 e. The number of aromatic nitrogens is 5. The summed E-state index contributed by atoms with van der Waals surface area (Å²) >= 11 is 0. The van der Waals surface area contributed by atoms with E-state index in [2.05, 4.69) is 33.8 Å². The van der Waals surface area contributed by atoms with Gasteiger partial charge < -0.3 is 14.8 Å². The summed E-state index contributed by atoms with van der Waals surface area (Å²) in [6.07, 6.45) is 10.3. The van der Waals surface area contributed by atoms with Crippen molar-refractivity contribution in [2.45, 2.75) is 89.6 Å². The number of carbonyl (C=O) groups is 1. The largest absolute Gasteiger partial charge is 0.371 e. The van der Waals surface area contributed by atoms with Crippen molar-refractivity contribution >= 4 is 5.91 Å².